The van der Waals surface area contributed by atoms with Gasteiger partial charge in [-0.05, 0) is 13.8 Å². The van der Waals surface area contributed by atoms with Crippen LogP contribution in [0, 0.1) is 0 Å². The summed E-state index contributed by atoms with van der Waals surface area (Å²) in [6.45, 7) is 9.05. The van der Waals surface area contributed by atoms with Crippen LogP contribution in [-0.2, 0) is 4.74 Å². The van der Waals surface area contributed by atoms with Crippen molar-refractivity contribution in [3.8, 4) is 0 Å². The fourth-order valence-corrected chi connectivity index (χ4v) is 0.358. The van der Waals surface area contributed by atoms with Crippen molar-refractivity contribution in [1.82, 2.24) is 0 Å². The second-order valence-electron chi connectivity index (χ2n) is 1.34. The Morgan fingerprint density at radius 2 is 1.90 bits per heavy atom. The first-order chi connectivity index (χ1) is 4.83. The van der Waals surface area contributed by atoms with Crippen LogP contribution in [0.3, 0.4) is 0 Å². The fraction of sp³-hybridized carbons (Fsp3) is 0.500. The Balaban J connectivity index is 0. The van der Waals surface area contributed by atoms with Gasteiger partial charge in [-0.2, -0.15) is 0 Å². The number of hydrogen-bond donors (Lipinski definition) is 0. The van der Waals surface area contributed by atoms with E-state index >= 15 is 0 Å². The predicted octanol–water partition coefficient (Wildman–Crippen LogP) is 2.97. The Labute approximate surface area is 68.3 Å². The molecule has 0 aromatic heterocycles. The highest BCUT2D eigenvalue weighted by Crippen LogP contribution is 1.74. The van der Waals surface area contributed by atoms with Gasteiger partial charge in [0, 0.05) is 18.7 Å². The second-order valence-corrected chi connectivity index (χ2v) is 1.59. The van der Waals surface area contributed by atoms with Crippen LogP contribution in [0.1, 0.15) is 13.8 Å². The van der Waals surface area contributed by atoms with E-state index in [0.29, 0.717) is 0 Å². The molecule has 0 aliphatic rings. The molecule has 0 amide bonds. The molecule has 0 aliphatic carbocycles. The highest BCUT2D eigenvalue weighted by molar-refractivity contribution is 6.25. The normalized spacial score (nSPS) is 8.70. The third kappa shape index (κ3) is 25.2. The van der Waals surface area contributed by atoms with Crippen molar-refractivity contribution in [2.45, 2.75) is 13.8 Å². The van der Waals surface area contributed by atoms with E-state index in [1.807, 2.05) is 13.8 Å². The zero-order valence-corrected chi connectivity index (χ0v) is 7.40. The van der Waals surface area contributed by atoms with Crippen molar-refractivity contribution in [3.63, 3.8) is 0 Å². The van der Waals surface area contributed by atoms with Crippen LogP contribution in [0.2, 0.25) is 0 Å². The zero-order valence-electron chi connectivity index (χ0n) is 6.64. The summed E-state index contributed by atoms with van der Waals surface area (Å²) in [5.74, 6) is 0. The molecular formula is C8H15ClO. The minimum atomic E-state index is 0.844. The van der Waals surface area contributed by atoms with Crippen LogP contribution in [0.4, 0.5) is 0 Å². The molecule has 0 heterocycles. The van der Waals surface area contributed by atoms with Gasteiger partial charge < -0.3 is 4.74 Å². The van der Waals surface area contributed by atoms with E-state index in [2.05, 4.69) is 6.58 Å². The Hall–Kier alpha value is -0.270. The molecule has 0 rings (SSSR count). The van der Waals surface area contributed by atoms with E-state index in [-0.39, 0.29) is 0 Å². The van der Waals surface area contributed by atoms with Crippen molar-refractivity contribution >= 4 is 11.6 Å². The monoisotopic (exact) mass is 162 g/mol. The van der Waals surface area contributed by atoms with Gasteiger partial charge in [0.15, 0.2) is 0 Å². The summed E-state index contributed by atoms with van der Waals surface area (Å²) in [4.78, 5) is 0. The molecule has 0 saturated carbocycles. The largest absolute Gasteiger partial charge is 0.382 e. The first-order valence-corrected chi connectivity index (χ1v) is 3.72. The maximum Gasteiger partial charge on any atom is 0.0437 e. The highest BCUT2D eigenvalue weighted by atomic mass is 35.5. The SMILES string of the molecule is C=CC=CCl.CCOCC. The molecule has 0 bridgehead atoms. The van der Waals surface area contributed by atoms with Gasteiger partial charge in [0.05, 0.1) is 0 Å². The molecule has 0 aromatic rings. The Bertz CT molecular complexity index is 77.3. The molecule has 0 aromatic carbocycles. The molecule has 0 saturated heterocycles. The molecule has 0 aliphatic heterocycles. The molecule has 0 fully saturated rings. The molecule has 60 valence electrons. The zero-order chi connectivity index (χ0) is 8.24. The Morgan fingerprint density at radius 1 is 1.40 bits per heavy atom. The predicted molar refractivity (Wildman–Crippen MR) is 47.4 cm³/mol. The summed E-state index contributed by atoms with van der Waals surface area (Å²) < 4.78 is 4.83. The third-order valence-corrected chi connectivity index (χ3v) is 0.763. The van der Waals surface area contributed by atoms with Crippen LogP contribution in [0.25, 0.3) is 0 Å². The lowest BCUT2D eigenvalue weighted by molar-refractivity contribution is 0.162. The van der Waals surface area contributed by atoms with Crippen LogP contribution in [0.5, 0.6) is 0 Å². The highest BCUT2D eigenvalue weighted by Gasteiger charge is 1.64. The lowest BCUT2D eigenvalue weighted by Crippen LogP contribution is -1.84. The standard InChI is InChI=1S/C4H5Cl.C4H10O/c1-2-3-4-5;1-3-5-4-2/h2-4H,1H2;3-4H2,1-2H3. The molecule has 0 atom stereocenters. The lowest BCUT2D eigenvalue weighted by Gasteiger charge is -1.86. The minimum Gasteiger partial charge on any atom is -0.382 e. The summed E-state index contributed by atoms with van der Waals surface area (Å²) in [6, 6.07) is 0. The van der Waals surface area contributed by atoms with Crippen LogP contribution >= 0.6 is 11.6 Å². The lowest BCUT2D eigenvalue weighted by atomic mass is 10.6. The smallest absolute Gasteiger partial charge is 0.0437 e. The van der Waals surface area contributed by atoms with Crippen LogP contribution < -0.4 is 0 Å². The van der Waals surface area contributed by atoms with E-state index in [1.165, 1.54) is 5.54 Å². The maximum atomic E-state index is 5.05. The number of halogens is 1. The van der Waals surface area contributed by atoms with Gasteiger partial charge in [-0.1, -0.05) is 30.3 Å². The van der Waals surface area contributed by atoms with Gasteiger partial charge in [0.25, 0.3) is 0 Å². The van der Waals surface area contributed by atoms with Crippen molar-refractivity contribution in [2.24, 2.45) is 0 Å². The molecule has 0 spiro atoms. The fourth-order valence-electron chi connectivity index (χ4n) is 0.256. The van der Waals surface area contributed by atoms with E-state index in [9.17, 15) is 0 Å². The van der Waals surface area contributed by atoms with Crippen molar-refractivity contribution < 1.29 is 4.74 Å². The minimum absolute atomic E-state index is 0.844. The molecule has 2 heteroatoms. The topological polar surface area (TPSA) is 9.23 Å². The third-order valence-electron chi connectivity index (χ3n) is 0.617. The van der Waals surface area contributed by atoms with E-state index < -0.39 is 0 Å². The average Bonchev–Trinajstić information content (AvgIpc) is 1.93. The van der Waals surface area contributed by atoms with Gasteiger partial charge in [0.1, 0.15) is 0 Å². The van der Waals surface area contributed by atoms with E-state index in [4.69, 9.17) is 16.3 Å². The molecule has 0 N–H and O–H groups in total. The second kappa shape index (κ2) is 15.9. The first kappa shape index (κ1) is 12.4. The van der Waals surface area contributed by atoms with Gasteiger partial charge in [-0.25, -0.2) is 0 Å². The summed E-state index contributed by atoms with van der Waals surface area (Å²) in [6.07, 6.45) is 3.27. The summed E-state index contributed by atoms with van der Waals surface area (Å²) in [5.41, 5.74) is 1.41. The number of ether oxygens (including phenoxy) is 1. The van der Waals surface area contributed by atoms with Gasteiger partial charge >= 0.3 is 0 Å². The molecular weight excluding hydrogens is 148 g/mol. The number of rotatable bonds is 3. The molecule has 10 heavy (non-hydrogen) atoms. The van der Waals surface area contributed by atoms with Gasteiger partial charge in [0.2, 0.25) is 0 Å². The van der Waals surface area contributed by atoms with Crippen LogP contribution in [0.15, 0.2) is 24.3 Å². The Morgan fingerprint density at radius 3 is 1.90 bits per heavy atom. The Kier molecular flexibility index (Phi) is 19.7. The first-order valence-electron chi connectivity index (χ1n) is 3.28. The average molecular weight is 163 g/mol. The van der Waals surface area contributed by atoms with E-state index in [1.54, 1.807) is 12.2 Å². The quantitative estimate of drug-likeness (QED) is 0.580. The molecule has 0 unspecified atom stereocenters. The summed E-state index contributed by atoms with van der Waals surface area (Å²) in [5, 5.41) is 0. The number of allylic oxidation sites excluding steroid dienone is 2. The van der Waals surface area contributed by atoms with Crippen molar-refractivity contribution in [1.29, 1.82) is 0 Å². The number of hydrogen-bond acceptors (Lipinski definition) is 1. The van der Waals surface area contributed by atoms with Gasteiger partial charge in [-0.15, -0.1) is 0 Å². The van der Waals surface area contributed by atoms with Gasteiger partial charge in [-0.3, -0.25) is 0 Å². The van der Waals surface area contributed by atoms with E-state index in [0.717, 1.165) is 13.2 Å². The molecule has 1 nitrogen and oxygen atoms in total. The molecule has 0 radical (unpaired) electrons. The van der Waals surface area contributed by atoms with Crippen molar-refractivity contribution in [2.75, 3.05) is 13.2 Å². The summed E-state index contributed by atoms with van der Waals surface area (Å²) >= 11 is 5.05. The van der Waals surface area contributed by atoms with Crippen LogP contribution in [-0.4, -0.2) is 13.2 Å². The maximum absolute atomic E-state index is 5.05. The summed E-state index contributed by atoms with van der Waals surface area (Å²) in [7, 11) is 0. The van der Waals surface area contributed by atoms with Crippen molar-refractivity contribution in [3.05, 3.63) is 24.3 Å².